The number of hydrogen-bond donors (Lipinski definition) is 1. The number of nitrogens with one attached hydrogen (secondary N) is 1. The third kappa shape index (κ3) is 5.07. The van der Waals surface area contributed by atoms with Crippen LogP contribution >= 0.6 is 0 Å². The van der Waals surface area contributed by atoms with E-state index in [4.69, 9.17) is 9.47 Å². The van der Waals surface area contributed by atoms with Gasteiger partial charge in [-0.05, 0) is 25.2 Å². The Morgan fingerprint density at radius 3 is 2.36 bits per heavy atom. The summed E-state index contributed by atoms with van der Waals surface area (Å²) in [4.78, 5) is 14.3. The van der Waals surface area contributed by atoms with E-state index in [9.17, 15) is 13.2 Å². The van der Waals surface area contributed by atoms with Crippen molar-refractivity contribution in [3.05, 3.63) is 23.8 Å². The minimum Gasteiger partial charge on any atom is -0.493 e. The summed E-state index contributed by atoms with van der Waals surface area (Å²) in [7, 11) is 1.61. The molecule has 25 heavy (non-hydrogen) atoms. The van der Waals surface area contributed by atoms with Crippen molar-refractivity contribution in [1.29, 1.82) is 0 Å². The van der Waals surface area contributed by atoms with Crippen molar-refractivity contribution in [2.24, 2.45) is 0 Å². The Balaban J connectivity index is 1.89. The van der Waals surface area contributed by atoms with Gasteiger partial charge in [-0.25, -0.2) is 8.42 Å². The summed E-state index contributed by atoms with van der Waals surface area (Å²) in [5, 5.41) is 2.64. The maximum Gasteiger partial charge on any atom is 0.251 e. The van der Waals surface area contributed by atoms with Crippen molar-refractivity contribution < 1.29 is 22.7 Å². The highest BCUT2D eigenvalue weighted by atomic mass is 32.2. The fourth-order valence-corrected chi connectivity index (χ4v) is 3.91. The Morgan fingerprint density at radius 2 is 1.76 bits per heavy atom. The molecule has 0 spiro atoms. The summed E-state index contributed by atoms with van der Waals surface area (Å²) in [6.45, 7) is 2.47. The Hall–Kier alpha value is -1.84. The van der Waals surface area contributed by atoms with Crippen LogP contribution < -0.4 is 14.8 Å². The number of likely N-dealkylation sites (N-methyl/N-ethyl adjacent to an activating group) is 1. The molecule has 1 aromatic carbocycles. The van der Waals surface area contributed by atoms with Crippen molar-refractivity contribution in [2.75, 3.05) is 59.7 Å². The summed E-state index contributed by atoms with van der Waals surface area (Å²) in [5.74, 6) is 0.502. The van der Waals surface area contributed by atoms with Gasteiger partial charge in [0.25, 0.3) is 5.91 Å². The zero-order valence-corrected chi connectivity index (χ0v) is 15.6. The largest absolute Gasteiger partial charge is 0.493 e. The van der Waals surface area contributed by atoms with E-state index in [2.05, 4.69) is 10.2 Å². The first kappa shape index (κ1) is 19.5. The van der Waals surface area contributed by atoms with Crippen molar-refractivity contribution in [1.82, 2.24) is 14.5 Å². The van der Waals surface area contributed by atoms with Crippen LogP contribution in [0.15, 0.2) is 18.2 Å². The second kappa shape index (κ2) is 8.50. The highest BCUT2D eigenvalue weighted by molar-refractivity contribution is 7.89. The summed E-state index contributed by atoms with van der Waals surface area (Å²) < 4.78 is 36.4. The van der Waals surface area contributed by atoms with Gasteiger partial charge in [-0.3, -0.25) is 4.79 Å². The number of ether oxygens (including phenoxy) is 2. The lowest BCUT2D eigenvalue weighted by Crippen LogP contribution is -2.48. The third-order valence-corrected chi connectivity index (χ3v) is 6.02. The second-order valence-corrected chi connectivity index (χ2v) is 7.93. The number of hydrogen-bond acceptors (Lipinski definition) is 6. The smallest absolute Gasteiger partial charge is 0.251 e. The summed E-state index contributed by atoms with van der Waals surface area (Å²) >= 11 is 0. The van der Waals surface area contributed by atoms with Crippen LogP contribution in [0.5, 0.6) is 11.5 Å². The molecule has 0 atom stereocenters. The lowest BCUT2D eigenvalue weighted by Gasteiger charge is -2.31. The zero-order valence-electron chi connectivity index (χ0n) is 14.8. The van der Waals surface area contributed by atoms with Gasteiger partial charge in [0.2, 0.25) is 10.0 Å². The SMILES string of the molecule is COc1ccc(C(=O)NCCS(=O)(=O)N2CCN(C)CC2)cc1OC. The molecule has 0 aromatic heterocycles. The number of nitrogens with zero attached hydrogens (tertiary/aromatic N) is 2. The third-order valence-electron chi connectivity index (χ3n) is 4.15. The molecule has 1 saturated heterocycles. The molecule has 2 rings (SSSR count). The number of sulfonamides is 1. The molecular weight excluding hydrogens is 346 g/mol. The summed E-state index contributed by atoms with van der Waals surface area (Å²) in [5.41, 5.74) is 0.384. The van der Waals surface area contributed by atoms with Crippen LogP contribution in [0.4, 0.5) is 0 Å². The van der Waals surface area contributed by atoms with E-state index in [-0.39, 0.29) is 18.2 Å². The van der Waals surface area contributed by atoms with Crippen LogP contribution in [-0.4, -0.2) is 83.3 Å². The Labute approximate surface area is 148 Å². The van der Waals surface area contributed by atoms with Gasteiger partial charge in [0, 0.05) is 38.3 Å². The standard InChI is InChI=1S/C16H25N3O5S/c1-18-7-9-19(10-8-18)25(21,22)11-6-17-16(20)13-4-5-14(23-2)15(12-13)24-3/h4-5,12H,6-11H2,1-3H3,(H,17,20). The van der Waals surface area contributed by atoms with Crippen molar-refractivity contribution in [3.63, 3.8) is 0 Å². The molecule has 1 aliphatic rings. The van der Waals surface area contributed by atoms with E-state index in [0.29, 0.717) is 30.2 Å². The Morgan fingerprint density at radius 1 is 1.12 bits per heavy atom. The number of carbonyl (C=O) groups excluding carboxylic acids is 1. The molecule has 0 radical (unpaired) electrons. The highest BCUT2D eigenvalue weighted by Crippen LogP contribution is 2.27. The molecule has 0 bridgehead atoms. The molecule has 1 amide bonds. The lowest BCUT2D eigenvalue weighted by molar-refractivity contribution is 0.0955. The van der Waals surface area contributed by atoms with Crippen LogP contribution in [0.25, 0.3) is 0 Å². The molecule has 1 N–H and O–H groups in total. The van der Waals surface area contributed by atoms with Gasteiger partial charge < -0.3 is 19.7 Å². The number of carbonyl (C=O) groups is 1. The van der Waals surface area contributed by atoms with E-state index < -0.39 is 10.0 Å². The van der Waals surface area contributed by atoms with E-state index in [1.54, 1.807) is 18.2 Å². The minimum absolute atomic E-state index is 0.0574. The zero-order chi connectivity index (χ0) is 18.4. The molecule has 1 fully saturated rings. The average molecular weight is 371 g/mol. The van der Waals surface area contributed by atoms with Gasteiger partial charge in [0.1, 0.15) is 0 Å². The van der Waals surface area contributed by atoms with Gasteiger partial charge in [0.05, 0.1) is 20.0 Å². The van der Waals surface area contributed by atoms with Crippen LogP contribution in [0, 0.1) is 0 Å². The Kier molecular flexibility index (Phi) is 6.63. The van der Waals surface area contributed by atoms with Gasteiger partial charge >= 0.3 is 0 Å². The fraction of sp³-hybridized carbons (Fsp3) is 0.562. The molecule has 0 aliphatic carbocycles. The molecule has 1 aromatic rings. The lowest BCUT2D eigenvalue weighted by atomic mass is 10.2. The quantitative estimate of drug-likeness (QED) is 0.727. The van der Waals surface area contributed by atoms with Gasteiger partial charge in [0.15, 0.2) is 11.5 Å². The highest BCUT2D eigenvalue weighted by Gasteiger charge is 2.25. The number of methoxy groups -OCH3 is 2. The van der Waals surface area contributed by atoms with Crippen LogP contribution in [0.3, 0.4) is 0 Å². The molecule has 0 unspecified atom stereocenters. The molecule has 8 nitrogen and oxygen atoms in total. The fourth-order valence-electron chi connectivity index (χ4n) is 2.57. The van der Waals surface area contributed by atoms with Crippen LogP contribution in [0.2, 0.25) is 0 Å². The van der Waals surface area contributed by atoms with E-state index >= 15 is 0 Å². The molecule has 1 aliphatic heterocycles. The van der Waals surface area contributed by atoms with Gasteiger partial charge in [-0.2, -0.15) is 4.31 Å². The topological polar surface area (TPSA) is 88.2 Å². The monoisotopic (exact) mass is 371 g/mol. The van der Waals surface area contributed by atoms with E-state index in [1.807, 2.05) is 7.05 Å². The van der Waals surface area contributed by atoms with Crippen molar-refractivity contribution in [2.45, 2.75) is 0 Å². The molecule has 9 heteroatoms. The number of rotatable bonds is 7. The number of piperazine rings is 1. The molecule has 140 valence electrons. The van der Waals surface area contributed by atoms with Crippen molar-refractivity contribution in [3.8, 4) is 11.5 Å². The average Bonchev–Trinajstić information content (AvgIpc) is 2.61. The molecule has 0 saturated carbocycles. The minimum atomic E-state index is -3.36. The van der Waals surface area contributed by atoms with Crippen molar-refractivity contribution >= 4 is 15.9 Å². The summed E-state index contributed by atoms with van der Waals surface area (Å²) in [6, 6.07) is 4.80. The second-order valence-electron chi connectivity index (χ2n) is 5.84. The van der Waals surface area contributed by atoms with Gasteiger partial charge in [-0.15, -0.1) is 0 Å². The maximum atomic E-state index is 12.3. The van der Waals surface area contributed by atoms with E-state index in [0.717, 1.165) is 13.1 Å². The first-order valence-electron chi connectivity index (χ1n) is 8.04. The van der Waals surface area contributed by atoms with E-state index in [1.165, 1.54) is 18.5 Å². The molecular formula is C16H25N3O5S. The van der Waals surface area contributed by atoms with Gasteiger partial charge in [-0.1, -0.05) is 0 Å². The first-order valence-corrected chi connectivity index (χ1v) is 9.65. The maximum absolute atomic E-state index is 12.3. The van der Waals surface area contributed by atoms with Crippen LogP contribution in [0.1, 0.15) is 10.4 Å². The first-order chi connectivity index (χ1) is 11.9. The predicted molar refractivity (Wildman–Crippen MR) is 94.7 cm³/mol. The Bertz CT molecular complexity index is 700. The summed E-state index contributed by atoms with van der Waals surface area (Å²) in [6.07, 6.45) is 0. The van der Waals surface area contributed by atoms with Crippen LogP contribution in [-0.2, 0) is 10.0 Å². The normalized spacial score (nSPS) is 16.4. The predicted octanol–water partition coefficient (Wildman–Crippen LogP) is 0.0108. The number of amides is 1. The molecule has 1 heterocycles. The number of benzene rings is 1.